The summed E-state index contributed by atoms with van der Waals surface area (Å²) in [4.78, 5) is 12.0. The predicted molar refractivity (Wildman–Crippen MR) is 89.8 cm³/mol. The minimum absolute atomic E-state index is 0.0182. The number of sulfone groups is 1. The number of aryl methyl sites for hydroxylation is 1. The number of hydrogen-bond donors (Lipinski definition) is 1. The van der Waals surface area contributed by atoms with Crippen LogP contribution in [0.15, 0.2) is 29.4 Å². The first-order chi connectivity index (χ1) is 11.4. The highest BCUT2D eigenvalue weighted by molar-refractivity contribution is 7.99. The summed E-state index contributed by atoms with van der Waals surface area (Å²) in [5.74, 6) is 0.0606. The lowest BCUT2D eigenvalue weighted by Gasteiger charge is -2.10. The molecule has 1 aromatic carbocycles. The molecule has 1 aliphatic heterocycles. The molecule has 1 N–H and O–H groups in total. The van der Waals surface area contributed by atoms with Gasteiger partial charge in [-0.2, -0.15) is 4.68 Å². The highest BCUT2D eigenvalue weighted by Gasteiger charge is 2.28. The average molecular weight is 367 g/mol. The number of rotatable bonds is 5. The quantitative estimate of drug-likeness (QED) is 0.761. The van der Waals surface area contributed by atoms with Crippen molar-refractivity contribution in [2.24, 2.45) is 0 Å². The van der Waals surface area contributed by atoms with Crippen LogP contribution in [0.2, 0.25) is 0 Å². The van der Waals surface area contributed by atoms with Gasteiger partial charge >= 0.3 is 0 Å². The molecule has 0 radical (unpaired) electrons. The van der Waals surface area contributed by atoms with Gasteiger partial charge in [-0.15, -0.1) is 5.10 Å². The van der Waals surface area contributed by atoms with Crippen molar-refractivity contribution >= 4 is 27.5 Å². The molecule has 1 amide bonds. The summed E-state index contributed by atoms with van der Waals surface area (Å²) in [6.07, 6.45) is 0.472. The maximum atomic E-state index is 12.0. The van der Waals surface area contributed by atoms with Crippen molar-refractivity contribution in [3.63, 3.8) is 0 Å². The van der Waals surface area contributed by atoms with E-state index >= 15 is 0 Å². The number of amides is 1. The fourth-order valence-electron chi connectivity index (χ4n) is 2.53. The number of nitrogens with zero attached hydrogens (tertiary/aromatic N) is 4. The van der Waals surface area contributed by atoms with Gasteiger partial charge in [0.05, 0.1) is 22.9 Å². The van der Waals surface area contributed by atoms with E-state index in [1.165, 1.54) is 11.8 Å². The number of tetrazole rings is 1. The molecule has 1 aliphatic rings. The largest absolute Gasteiger partial charge is 0.352 e. The standard InChI is InChI=1S/C14H17N5O3S2/c1-10-4-2-3-5-12(10)19-14(16-17-18-19)23-8-13(20)15-11-6-7-24(21,22)9-11/h2-5,11H,6-9H2,1H3,(H,15,20)/t11-/m0/s1. The van der Waals surface area contributed by atoms with Crippen LogP contribution in [0.1, 0.15) is 12.0 Å². The fourth-order valence-corrected chi connectivity index (χ4v) is 4.90. The van der Waals surface area contributed by atoms with Crippen molar-refractivity contribution in [2.75, 3.05) is 17.3 Å². The topological polar surface area (TPSA) is 107 Å². The van der Waals surface area contributed by atoms with Crippen molar-refractivity contribution in [3.8, 4) is 5.69 Å². The minimum atomic E-state index is -3.00. The van der Waals surface area contributed by atoms with E-state index in [-0.39, 0.29) is 29.2 Å². The van der Waals surface area contributed by atoms with E-state index in [2.05, 4.69) is 20.8 Å². The van der Waals surface area contributed by atoms with Crippen LogP contribution >= 0.6 is 11.8 Å². The van der Waals surface area contributed by atoms with E-state index in [1.54, 1.807) is 4.68 Å². The lowest BCUT2D eigenvalue weighted by atomic mass is 10.2. The van der Waals surface area contributed by atoms with Crippen LogP contribution in [0.3, 0.4) is 0 Å². The molecule has 10 heteroatoms. The van der Waals surface area contributed by atoms with Gasteiger partial charge in [0, 0.05) is 6.04 Å². The van der Waals surface area contributed by atoms with Crippen LogP contribution in [-0.4, -0.2) is 57.8 Å². The molecule has 3 rings (SSSR count). The minimum Gasteiger partial charge on any atom is -0.352 e. The Morgan fingerprint density at radius 1 is 1.42 bits per heavy atom. The first kappa shape index (κ1) is 16.9. The van der Waals surface area contributed by atoms with E-state index in [0.29, 0.717) is 11.6 Å². The lowest BCUT2D eigenvalue weighted by molar-refractivity contribution is -0.119. The normalized spacial score (nSPS) is 19.3. The first-order valence-corrected chi connectivity index (χ1v) is 10.2. The number of para-hydroxylation sites is 1. The number of thioether (sulfide) groups is 1. The van der Waals surface area contributed by atoms with E-state index in [0.717, 1.165) is 11.3 Å². The number of nitrogens with one attached hydrogen (secondary N) is 1. The molecular weight excluding hydrogens is 350 g/mol. The van der Waals surface area contributed by atoms with Gasteiger partial charge < -0.3 is 5.32 Å². The summed E-state index contributed by atoms with van der Waals surface area (Å²) in [6, 6.07) is 7.39. The molecule has 1 fully saturated rings. The van der Waals surface area contributed by atoms with Crippen LogP contribution in [0.4, 0.5) is 0 Å². The van der Waals surface area contributed by atoms with Gasteiger partial charge in [-0.05, 0) is 35.4 Å². The highest BCUT2D eigenvalue weighted by Crippen LogP contribution is 2.20. The maximum absolute atomic E-state index is 12.0. The van der Waals surface area contributed by atoms with E-state index in [1.807, 2.05) is 31.2 Å². The number of benzene rings is 1. The Morgan fingerprint density at radius 3 is 2.92 bits per heavy atom. The van der Waals surface area contributed by atoms with Crippen LogP contribution < -0.4 is 5.32 Å². The summed E-state index contributed by atoms with van der Waals surface area (Å²) < 4.78 is 24.4. The third-order valence-electron chi connectivity index (χ3n) is 3.71. The Morgan fingerprint density at radius 2 is 2.21 bits per heavy atom. The highest BCUT2D eigenvalue weighted by atomic mass is 32.2. The van der Waals surface area contributed by atoms with Gasteiger partial charge in [0.15, 0.2) is 9.84 Å². The first-order valence-electron chi connectivity index (χ1n) is 7.41. The van der Waals surface area contributed by atoms with Crippen molar-refractivity contribution in [3.05, 3.63) is 29.8 Å². The van der Waals surface area contributed by atoms with Gasteiger partial charge in [-0.3, -0.25) is 4.79 Å². The molecule has 0 spiro atoms. The van der Waals surface area contributed by atoms with Crippen LogP contribution in [0.25, 0.3) is 5.69 Å². The Balaban J connectivity index is 1.61. The molecule has 0 aliphatic carbocycles. The fraction of sp³-hybridized carbons (Fsp3) is 0.429. The third kappa shape index (κ3) is 3.93. The van der Waals surface area contributed by atoms with Gasteiger partial charge in [-0.25, -0.2) is 8.42 Å². The van der Waals surface area contributed by atoms with Gasteiger partial charge in [0.2, 0.25) is 11.1 Å². The second kappa shape index (κ2) is 6.89. The zero-order chi connectivity index (χ0) is 17.2. The number of aromatic nitrogens is 4. The Hall–Kier alpha value is -1.94. The summed E-state index contributed by atoms with van der Waals surface area (Å²) in [5.41, 5.74) is 1.87. The zero-order valence-corrected chi connectivity index (χ0v) is 14.7. The molecule has 1 saturated heterocycles. The Labute approximate surface area is 143 Å². The van der Waals surface area contributed by atoms with E-state index in [4.69, 9.17) is 0 Å². The molecule has 128 valence electrons. The number of carbonyl (C=O) groups excluding carboxylic acids is 1. The monoisotopic (exact) mass is 367 g/mol. The van der Waals surface area contributed by atoms with Crippen molar-refractivity contribution in [2.45, 2.75) is 24.5 Å². The number of carbonyl (C=O) groups is 1. The molecule has 1 aromatic heterocycles. The molecule has 24 heavy (non-hydrogen) atoms. The molecule has 1 atom stereocenters. The lowest BCUT2D eigenvalue weighted by Crippen LogP contribution is -2.36. The average Bonchev–Trinajstić information content (AvgIpc) is 3.12. The van der Waals surface area contributed by atoms with Crippen molar-refractivity contribution in [1.29, 1.82) is 0 Å². The van der Waals surface area contributed by atoms with Crippen LogP contribution in [0.5, 0.6) is 0 Å². The molecule has 2 heterocycles. The van der Waals surface area contributed by atoms with Crippen molar-refractivity contribution in [1.82, 2.24) is 25.5 Å². The van der Waals surface area contributed by atoms with E-state index in [9.17, 15) is 13.2 Å². The van der Waals surface area contributed by atoms with E-state index < -0.39 is 9.84 Å². The Bertz CT molecular complexity index is 850. The maximum Gasteiger partial charge on any atom is 0.230 e. The molecule has 2 aromatic rings. The molecule has 0 saturated carbocycles. The summed E-state index contributed by atoms with van der Waals surface area (Å²) in [6.45, 7) is 1.96. The van der Waals surface area contributed by atoms with Crippen LogP contribution in [0, 0.1) is 6.92 Å². The molecular formula is C14H17N5O3S2. The van der Waals surface area contributed by atoms with Gasteiger partial charge in [0.1, 0.15) is 0 Å². The molecule has 0 unspecified atom stereocenters. The Kier molecular flexibility index (Phi) is 4.86. The van der Waals surface area contributed by atoms with Gasteiger partial charge in [0.25, 0.3) is 0 Å². The second-order valence-corrected chi connectivity index (χ2v) is 8.79. The smallest absolute Gasteiger partial charge is 0.230 e. The number of hydrogen-bond acceptors (Lipinski definition) is 7. The van der Waals surface area contributed by atoms with Gasteiger partial charge in [-0.1, -0.05) is 30.0 Å². The predicted octanol–water partition coefficient (Wildman–Crippen LogP) is 0.366. The molecule has 0 bridgehead atoms. The SMILES string of the molecule is Cc1ccccc1-n1nnnc1SCC(=O)N[C@H]1CCS(=O)(=O)C1. The third-order valence-corrected chi connectivity index (χ3v) is 6.40. The van der Waals surface area contributed by atoms with Crippen molar-refractivity contribution < 1.29 is 13.2 Å². The van der Waals surface area contributed by atoms with Crippen LogP contribution in [-0.2, 0) is 14.6 Å². The second-order valence-electron chi connectivity index (χ2n) is 5.62. The summed E-state index contributed by atoms with van der Waals surface area (Å²) in [7, 11) is -3.00. The zero-order valence-electron chi connectivity index (χ0n) is 13.0. The summed E-state index contributed by atoms with van der Waals surface area (Å²) in [5, 5.41) is 14.9. The molecule has 8 nitrogen and oxygen atoms in total. The summed E-state index contributed by atoms with van der Waals surface area (Å²) >= 11 is 1.21.